The summed E-state index contributed by atoms with van der Waals surface area (Å²) in [4.78, 5) is 36.0. The Morgan fingerprint density at radius 1 is 1.00 bits per heavy atom. The van der Waals surface area contributed by atoms with E-state index in [0.29, 0.717) is 11.4 Å². The van der Waals surface area contributed by atoms with Crippen LogP contribution < -0.4 is 10.6 Å². The SMILES string of the molecule is CCc1ccccc1NC(=O)CNC(=O)COC(=O)c1cc(-c2ccccc2)n[nH]1. The molecular formula is C22H22N4O4. The summed E-state index contributed by atoms with van der Waals surface area (Å²) in [5.74, 6) is -1.65. The average molecular weight is 406 g/mol. The number of aromatic nitrogens is 2. The first-order valence-corrected chi connectivity index (χ1v) is 9.49. The minimum Gasteiger partial charge on any atom is -0.451 e. The molecule has 0 saturated carbocycles. The standard InChI is InChI=1S/C22H22N4O4/c1-2-15-8-6-7-11-17(15)24-20(27)13-23-21(28)14-30-22(29)19-12-18(25-26-19)16-9-4-3-5-10-16/h3-12H,2,13-14H2,1H3,(H,23,28)(H,24,27)(H,25,26). The first kappa shape index (κ1) is 20.8. The second-order valence-electron chi connectivity index (χ2n) is 6.44. The Hall–Kier alpha value is -3.94. The summed E-state index contributed by atoms with van der Waals surface area (Å²) in [5.41, 5.74) is 3.28. The minimum absolute atomic E-state index is 0.135. The highest BCUT2D eigenvalue weighted by Crippen LogP contribution is 2.17. The van der Waals surface area contributed by atoms with Crippen molar-refractivity contribution in [3.63, 3.8) is 0 Å². The smallest absolute Gasteiger partial charge is 0.356 e. The van der Waals surface area contributed by atoms with Crippen LogP contribution in [-0.4, -0.2) is 41.1 Å². The number of amides is 2. The summed E-state index contributed by atoms with van der Waals surface area (Å²) in [7, 11) is 0. The van der Waals surface area contributed by atoms with E-state index in [-0.39, 0.29) is 18.1 Å². The summed E-state index contributed by atoms with van der Waals surface area (Å²) in [6.45, 7) is 1.26. The van der Waals surface area contributed by atoms with Crippen LogP contribution >= 0.6 is 0 Å². The number of carbonyl (C=O) groups excluding carboxylic acids is 3. The number of aryl methyl sites for hydroxylation is 1. The molecule has 0 aliphatic rings. The van der Waals surface area contributed by atoms with Crippen molar-refractivity contribution < 1.29 is 19.1 Å². The highest BCUT2D eigenvalue weighted by Gasteiger charge is 2.15. The molecule has 8 nitrogen and oxygen atoms in total. The lowest BCUT2D eigenvalue weighted by Gasteiger charge is -2.10. The molecule has 1 aromatic heterocycles. The number of rotatable bonds is 8. The minimum atomic E-state index is -0.707. The van der Waals surface area contributed by atoms with Crippen molar-refractivity contribution in [2.75, 3.05) is 18.5 Å². The maximum absolute atomic E-state index is 12.1. The number of esters is 1. The number of hydrogen-bond donors (Lipinski definition) is 3. The molecule has 1 heterocycles. The lowest BCUT2D eigenvalue weighted by Crippen LogP contribution is -2.35. The predicted octanol–water partition coefficient (Wildman–Crippen LogP) is 2.55. The first-order chi connectivity index (χ1) is 14.6. The Morgan fingerprint density at radius 2 is 1.73 bits per heavy atom. The Morgan fingerprint density at radius 3 is 2.50 bits per heavy atom. The van der Waals surface area contributed by atoms with E-state index in [1.54, 1.807) is 12.1 Å². The van der Waals surface area contributed by atoms with E-state index in [2.05, 4.69) is 20.8 Å². The zero-order chi connectivity index (χ0) is 21.3. The van der Waals surface area contributed by atoms with Gasteiger partial charge >= 0.3 is 5.97 Å². The van der Waals surface area contributed by atoms with Gasteiger partial charge in [0.1, 0.15) is 5.69 Å². The molecule has 0 aliphatic heterocycles. The van der Waals surface area contributed by atoms with Crippen LogP contribution in [0.3, 0.4) is 0 Å². The zero-order valence-electron chi connectivity index (χ0n) is 16.5. The van der Waals surface area contributed by atoms with E-state index >= 15 is 0 Å². The number of nitrogens with one attached hydrogen (secondary N) is 3. The molecule has 0 unspecified atom stereocenters. The first-order valence-electron chi connectivity index (χ1n) is 9.49. The van der Waals surface area contributed by atoms with Crippen LogP contribution in [-0.2, 0) is 20.7 Å². The van der Waals surface area contributed by atoms with Crippen molar-refractivity contribution in [3.05, 3.63) is 71.9 Å². The van der Waals surface area contributed by atoms with Crippen molar-refractivity contribution >= 4 is 23.5 Å². The quantitative estimate of drug-likeness (QED) is 0.498. The second-order valence-corrected chi connectivity index (χ2v) is 6.44. The summed E-state index contributed by atoms with van der Waals surface area (Å²) in [5, 5.41) is 11.8. The Labute approximate surface area is 173 Å². The third-order valence-corrected chi connectivity index (χ3v) is 4.32. The third-order valence-electron chi connectivity index (χ3n) is 4.32. The van der Waals surface area contributed by atoms with Crippen molar-refractivity contribution in [1.29, 1.82) is 0 Å². The van der Waals surface area contributed by atoms with Crippen LogP contribution in [0, 0.1) is 0 Å². The molecule has 0 atom stereocenters. The number of para-hydroxylation sites is 1. The fourth-order valence-corrected chi connectivity index (χ4v) is 2.77. The summed E-state index contributed by atoms with van der Waals surface area (Å²) in [6, 6.07) is 18.3. The van der Waals surface area contributed by atoms with Crippen molar-refractivity contribution in [1.82, 2.24) is 15.5 Å². The number of aromatic amines is 1. The number of benzene rings is 2. The molecule has 0 saturated heterocycles. The second kappa shape index (κ2) is 10.0. The van der Waals surface area contributed by atoms with E-state index in [0.717, 1.165) is 17.5 Å². The van der Waals surface area contributed by atoms with Crippen LogP contribution in [0.2, 0.25) is 0 Å². The Balaban J connectivity index is 1.44. The average Bonchev–Trinajstić information content (AvgIpc) is 3.27. The van der Waals surface area contributed by atoms with Gasteiger partial charge in [-0.3, -0.25) is 14.7 Å². The molecule has 8 heteroatoms. The van der Waals surface area contributed by atoms with Gasteiger partial charge in [-0.25, -0.2) is 4.79 Å². The number of nitrogens with zero attached hydrogens (tertiary/aromatic N) is 1. The van der Waals surface area contributed by atoms with Gasteiger partial charge in [-0.05, 0) is 24.1 Å². The number of ether oxygens (including phenoxy) is 1. The van der Waals surface area contributed by atoms with E-state index in [1.165, 1.54) is 0 Å². The fraction of sp³-hybridized carbons (Fsp3) is 0.182. The monoisotopic (exact) mass is 406 g/mol. The fourth-order valence-electron chi connectivity index (χ4n) is 2.77. The lowest BCUT2D eigenvalue weighted by atomic mass is 10.1. The molecule has 3 rings (SSSR count). The number of carbonyl (C=O) groups is 3. The van der Waals surface area contributed by atoms with E-state index in [9.17, 15) is 14.4 Å². The van der Waals surface area contributed by atoms with Gasteiger partial charge in [0, 0.05) is 11.3 Å². The summed E-state index contributed by atoms with van der Waals surface area (Å²) in [6.07, 6.45) is 0.776. The van der Waals surface area contributed by atoms with Crippen LogP contribution in [0.15, 0.2) is 60.7 Å². The maximum atomic E-state index is 12.1. The van der Waals surface area contributed by atoms with Gasteiger partial charge in [-0.2, -0.15) is 5.10 Å². The highest BCUT2D eigenvalue weighted by molar-refractivity contribution is 5.96. The molecule has 0 aliphatic carbocycles. The lowest BCUT2D eigenvalue weighted by molar-refractivity contribution is -0.126. The van der Waals surface area contributed by atoms with E-state index < -0.39 is 18.5 Å². The van der Waals surface area contributed by atoms with Gasteiger partial charge in [0.25, 0.3) is 5.91 Å². The van der Waals surface area contributed by atoms with Crippen LogP contribution in [0.5, 0.6) is 0 Å². The number of anilines is 1. The molecule has 0 radical (unpaired) electrons. The molecule has 0 bridgehead atoms. The van der Waals surface area contributed by atoms with E-state index in [1.807, 2.05) is 55.5 Å². The van der Waals surface area contributed by atoms with Crippen molar-refractivity contribution in [3.8, 4) is 11.3 Å². The largest absolute Gasteiger partial charge is 0.451 e. The van der Waals surface area contributed by atoms with Crippen LogP contribution in [0.4, 0.5) is 5.69 Å². The molecule has 3 aromatic rings. The third kappa shape index (κ3) is 5.54. The van der Waals surface area contributed by atoms with Gasteiger partial charge in [0.05, 0.1) is 12.2 Å². The van der Waals surface area contributed by atoms with Gasteiger partial charge in [0.15, 0.2) is 6.61 Å². The summed E-state index contributed by atoms with van der Waals surface area (Å²) < 4.78 is 4.97. The van der Waals surface area contributed by atoms with Gasteiger partial charge < -0.3 is 15.4 Å². The highest BCUT2D eigenvalue weighted by atomic mass is 16.5. The zero-order valence-corrected chi connectivity index (χ0v) is 16.5. The van der Waals surface area contributed by atoms with Gasteiger partial charge in [0.2, 0.25) is 5.91 Å². The molecular weight excluding hydrogens is 384 g/mol. The molecule has 2 aromatic carbocycles. The summed E-state index contributed by atoms with van der Waals surface area (Å²) >= 11 is 0. The molecule has 3 N–H and O–H groups in total. The molecule has 30 heavy (non-hydrogen) atoms. The topological polar surface area (TPSA) is 113 Å². The Bertz CT molecular complexity index is 1030. The molecule has 0 spiro atoms. The van der Waals surface area contributed by atoms with Gasteiger partial charge in [-0.15, -0.1) is 0 Å². The normalized spacial score (nSPS) is 10.3. The van der Waals surface area contributed by atoms with Crippen LogP contribution in [0.1, 0.15) is 23.0 Å². The number of hydrogen-bond acceptors (Lipinski definition) is 5. The van der Waals surface area contributed by atoms with Crippen molar-refractivity contribution in [2.24, 2.45) is 0 Å². The van der Waals surface area contributed by atoms with Crippen molar-refractivity contribution in [2.45, 2.75) is 13.3 Å². The molecule has 2 amide bonds. The van der Waals surface area contributed by atoms with Gasteiger partial charge in [-0.1, -0.05) is 55.5 Å². The van der Waals surface area contributed by atoms with Crippen LogP contribution in [0.25, 0.3) is 11.3 Å². The predicted molar refractivity (Wildman–Crippen MR) is 112 cm³/mol. The molecule has 154 valence electrons. The Kier molecular flexibility index (Phi) is 6.94. The maximum Gasteiger partial charge on any atom is 0.356 e. The number of H-pyrrole nitrogens is 1. The molecule has 0 fully saturated rings. The van der Waals surface area contributed by atoms with E-state index in [4.69, 9.17) is 4.74 Å².